The van der Waals surface area contributed by atoms with Crippen LogP contribution in [-0.2, 0) is 12.8 Å². The molecule has 4 heteroatoms. The van der Waals surface area contributed by atoms with Gasteiger partial charge >= 0.3 is 0 Å². The number of ether oxygens (including phenoxy) is 2. The summed E-state index contributed by atoms with van der Waals surface area (Å²) in [7, 11) is 3.42. The molecule has 4 nitrogen and oxygen atoms in total. The van der Waals surface area contributed by atoms with Gasteiger partial charge in [0.1, 0.15) is 11.5 Å². The van der Waals surface area contributed by atoms with Crippen LogP contribution in [0.2, 0.25) is 0 Å². The number of aryl methyl sites for hydroxylation is 4. The van der Waals surface area contributed by atoms with Crippen LogP contribution in [0.4, 0.5) is 34.1 Å². The van der Waals surface area contributed by atoms with Crippen molar-refractivity contribution in [2.45, 2.75) is 26.7 Å². The zero-order valence-electron chi connectivity index (χ0n) is 25.7. The summed E-state index contributed by atoms with van der Waals surface area (Å²) in [5, 5.41) is 2.63. The second-order valence-electron chi connectivity index (χ2n) is 11.6. The molecule has 6 aromatic rings. The SMILES string of the molecule is COc1ccc(N(c2cccc(C)c2)c2cc3c4c(cc(N(c5ccc(OC)cc5)c5cccc(C)c5)cc4c2)CC3)cc1. The summed E-state index contributed by atoms with van der Waals surface area (Å²) in [6.45, 7) is 4.29. The summed E-state index contributed by atoms with van der Waals surface area (Å²) in [6, 6.07) is 43.6. The van der Waals surface area contributed by atoms with E-state index in [9.17, 15) is 0 Å². The molecule has 0 saturated heterocycles. The van der Waals surface area contributed by atoms with Gasteiger partial charge in [-0.05, 0) is 157 Å². The minimum atomic E-state index is 0.846. The summed E-state index contributed by atoms with van der Waals surface area (Å²) in [5.74, 6) is 1.69. The lowest BCUT2D eigenvalue weighted by molar-refractivity contribution is 0.414. The molecule has 0 aromatic heterocycles. The molecule has 218 valence electrons. The maximum atomic E-state index is 5.48. The van der Waals surface area contributed by atoms with Gasteiger partial charge < -0.3 is 19.3 Å². The number of hydrogen-bond acceptors (Lipinski definition) is 4. The molecule has 0 heterocycles. The maximum absolute atomic E-state index is 5.48. The predicted molar refractivity (Wildman–Crippen MR) is 183 cm³/mol. The van der Waals surface area contributed by atoms with Gasteiger partial charge in [0.25, 0.3) is 0 Å². The average Bonchev–Trinajstić information content (AvgIpc) is 3.46. The topological polar surface area (TPSA) is 24.9 Å². The molecule has 0 unspecified atom stereocenters. The van der Waals surface area contributed by atoms with Gasteiger partial charge in [-0.2, -0.15) is 0 Å². The van der Waals surface area contributed by atoms with Gasteiger partial charge in [0, 0.05) is 34.1 Å². The minimum Gasteiger partial charge on any atom is -0.497 e. The molecule has 0 bridgehead atoms. The fraction of sp³-hybridized carbons (Fsp3) is 0.150. The molecule has 0 aliphatic heterocycles. The van der Waals surface area contributed by atoms with Crippen molar-refractivity contribution in [3.63, 3.8) is 0 Å². The van der Waals surface area contributed by atoms with Crippen molar-refractivity contribution in [1.29, 1.82) is 0 Å². The molecule has 0 spiro atoms. The van der Waals surface area contributed by atoms with E-state index >= 15 is 0 Å². The van der Waals surface area contributed by atoms with E-state index in [0.717, 1.165) is 58.5 Å². The molecule has 1 aliphatic carbocycles. The van der Waals surface area contributed by atoms with Gasteiger partial charge in [-0.15, -0.1) is 0 Å². The smallest absolute Gasteiger partial charge is 0.119 e. The number of nitrogens with zero attached hydrogens (tertiary/aromatic N) is 2. The lowest BCUT2D eigenvalue weighted by atomic mass is 10.0. The number of rotatable bonds is 8. The molecule has 7 rings (SSSR count). The molecule has 0 saturated carbocycles. The summed E-state index contributed by atoms with van der Waals surface area (Å²) in [4.78, 5) is 4.71. The van der Waals surface area contributed by atoms with Gasteiger partial charge in [0.15, 0.2) is 0 Å². The van der Waals surface area contributed by atoms with E-state index in [4.69, 9.17) is 9.47 Å². The van der Waals surface area contributed by atoms with Crippen molar-refractivity contribution in [3.8, 4) is 11.5 Å². The third kappa shape index (κ3) is 5.13. The van der Waals surface area contributed by atoms with Crippen LogP contribution in [0.25, 0.3) is 10.8 Å². The van der Waals surface area contributed by atoms with Crippen molar-refractivity contribution < 1.29 is 9.47 Å². The van der Waals surface area contributed by atoms with Gasteiger partial charge in [-0.25, -0.2) is 0 Å². The number of benzene rings is 6. The van der Waals surface area contributed by atoms with Crippen molar-refractivity contribution in [3.05, 3.63) is 144 Å². The molecule has 0 fully saturated rings. The zero-order valence-corrected chi connectivity index (χ0v) is 25.7. The quantitative estimate of drug-likeness (QED) is 0.180. The van der Waals surface area contributed by atoms with E-state index in [0.29, 0.717) is 0 Å². The van der Waals surface area contributed by atoms with Crippen molar-refractivity contribution in [2.75, 3.05) is 24.0 Å². The molecule has 44 heavy (non-hydrogen) atoms. The molecule has 0 radical (unpaired) electrons. The van der Waals surface area contributed by atoms with E-state index in [1.54, 1.807) is 14.2 Å². The largest absolute Gasteiger partial charge is 0.497 e. The lowest BCUT2D eigenvalue weighted by Crippen LogP contribution is -2.11. The standard InChI is InChI=1S/C40H36N2O2/c1-27-7-5-9-34(21-27)41(32-13-17-38(43-3)18-14-32)36-23-29-11-12-30-24-37(26-31(25-36)40(29)30)42(35-10-6-8-28(2)22-35)33-15-19-39(44-4)20-16-33/h5-10,13-26H,11-12H2,1-4H3. The lowest BCUT2D eigenvalue weighted by Gasteiger charge is -2.28. The van der Waals surface area contributed by atoms with Gasteiger partial charge in [0.2, 0.25) is 0 Å². The Labute approximate surface area is 259 Å². The van der Waals surface area contributed by atoms with Crippen LogP contribution in [0.3, 0.4) is 0 Å². The first-order valence-electron chi connectivity index (χ1n) is 15.1. The van der Waals surface area contributed by atoms with Crippen LogP contribution in [-0.4, -0.2) is 14.2 Å². The Bertz CT molecular complexity index is 1820. The Morgan fingerprint density at radius 1 is 0.455 bits per heavy atom. The molecule has 0 amide bonds. The van der Waals surface area contributed by atoms with Gasteiger partial charge in [-0.3, -0.25) is 0 Å². The van der Waals surface area contributed by atoms with Gasteiger partial charge in [0.05, 0.1) is 14.2 Å². The normalized spacial score (nSPS) is 11.9. The first kappa shape index (κ1) is 27.6. The maximum Gasteiger partial charge on any atom is 0.119 e. The number of methoxy groups -OCH3 is 2. The van der Waals surface area contributed by atoms with Crippen molar-refractivity contribution in [1.82, 2.24) is 0 Å². The highest BCUT2D eigenvalue weighted by Crippen LogP contribution is 2.44. The molecule has 1 aliphatic rings. The number of hydrogen-bond donors (Lipinski definition) is 0. The molecular weight excluding hydrogens is 540 g/mol. The van der Waals surface area contributed by atoms with Crippen LogP contribution in [0.5, 0.6) is 11.5 Å². The molecular formula is C40H36N2O2. The fourth-order valence-electron chi connectivity index (χ4n) is 6.48. The van der Waals surface area contributed by atoms with E-state index in [1.807, 2.05) is 24.3 Å². The first-order chi connectivity index (χ1) is 21.5. The van der Waals surface area contributed by atoms with Crippen molar-refractivity contribution >= 4 is 44.9 Å². The first-order valence-corrected chi connectivity index (χ1v) is 15.1. The highest BCUT2D eigenvalue weighted by molar-refractivity contribution is 5.99. The van der Waals surface area contributed by atoms with E-state index in [1.165, 1.54) is 33.0 Å². The van der Waals surface area contributed by atoms with Crippen LogP contribution < -0.4 is 19.3 Å². The zero-order chi connectivity index (χ0) is 30.2. The fourth-order valence-corrected chi connectivity index (χ4v) is 6.48. The van der Waals surface area contributed by atoms with Crippen LogP contribution in [0.15, 0.2) is 121 Å². The van der Waals surface area contributed by atoms with Crippen LogP contribution in [0, 0.1) is 13.8 Å². The summed E-state index contributed by atoms with van der Waals surface area (Å²) < 4.78 is 11.0. The summed E-state index contributed by atoms with van der Waals surface area (Å²) in [6.07, 6.45) is 2.06. The van der Waals surface area contributed by atoms with E-state index in [2.05, 4.69) is 121 Å². The Kier molecular flexibility index (Phi) is 7.19. The number of anilines is 6. The third-order valence-electron chi connectivity index (χ3n) is 8.54. The monoisotopic (exact) mass is 576 g/mol. The highest BCUT2D eigenvalue weighted by Gasteiger charge is 2.23. The second-order valence-corrected chi connectivity index (χ2v) is 11.6. The van der Waals surface area contributed by atoms with E-state index in [-0.39, 0.29) is 0 Å². The van der Waals surface area contributed by atoms with E-state index < -0.39 is 0 Å². The summed E-state index contributed by atoms with van der Waals surface area (Å²) in [5.41, 5.74) is 12.0. The summed E-state index contributed by atoms with van der Waals surface area (Å²) >= 11 is 0. The Balaban J connectivity index is 1.42. The predicted octanol–water partition coefficient (Wildman–Crippen LogP) is 10.5. The minimum absolute atomic E-state index is 0.846. The molecule has 6 aromatic carbocycles. The highest BCUT2D eigenvalue weighted by atomic mass is 16.5. The van der Waals surface area contributed by atoms with Crippen LogP contribution >= 0.6 is 0 Å². The second kappa shape index (κ2) is 11.5. The Morgan fingerprint density at radius 2 is 0.886 bits per heavy atom. The van der Waals surface area contributed by atoms with Crippen LogP contribution in [0.1, 0.15) is 22.3 Å². The third-order valence-corrected chi connectivity index (χ3v) is 8.54. The molecule has 0 N–H and O–H groups in total. The van der Waals surface area contributed by atoms with Gasteiger partial charge in [-0.1, -0.05) is 24.3 Å². The Morgan fingerprint density at radius 3 is 1.27 bits per heavy atom. The van der Waals surface area contributed by atoms with Crippen molar-refractivity contribution in [2.24, 2.45) is 0 Å². The molecule has 0 atom stereocenters. The average molecular weight is 577 g/mol. The Hall–Kier alpha value is -5.22.